The first-order valence-electron chi connectivity index (χ1n) is 15.8. The number of hydrogen-bond acceptors (Lipinski definition) is 7. The molecule has 240 valence electrons. The van der Waals surface area contributed by atoms with Crippen LogP contribution in [0.4, 0.5) is 10.5 Å². The third-order valence-electron chi connectivity index (χ3n) is 11.6. The molecule has 0 aromatic heterocycles. The molecule has 1 unspecified atom stereocenters. The number of carbonyl (C=O) groups excluding carboxylic acids is 4. The lowest BCUT2D eigenvalue weighted by Gasteiger charge is -2.59. The standard InChI is InChI=1S/C34H44Cl2N2O6/c1-21(39)34(44-30(41)29(43-31(37)42)22-4-7-24(8-5-22)38(18-16-35)19-17-36)15-12-28-26-9-6-23-20-25(40)10-13-32(23,2)27(26)11-14-33(28,34)3/h4-5,7-8,20,26-29H,6,9-19H2,1-3H3,(H2,37,42)/t26-,27+,28+,29?,32+,33+,34+/m1/s1. The molecule has 4 aliphatic carbocycles. The van der Waals surface area contributed by atoms with Gasteiger partial charge in [0, 0.05) is 47.9 Å². The fourth-order valence-electron chi connectivity index (χ4n) is 9.40. The second kappa shape index (κ2) is 12.7. The number of amides is 1. The number of ether oxygens (including phenoxy) is 2. The topological polar surface area (TPSA) is 116 Å². The Morgan fingerprint density at radius 2 is 1.64 bits per heavy atom. The van der Waals surface area contributed by atoms with E-state index in [-0.39, 0.29) is 22.9 Å². The van der Waals surface area contributed by atoms with Crippen LogP contribution in [0.3, 0.4) is 0 Å². The van der Waals surface area contributed by atoms with Crippen LogP contribution in [0.1, 0.15) is 83.8 Å². The molecule has 0 saturated heterocycles. The van der Waals surface area contributed by atoms with Crippen molar-refractivity contribution in [2.24, 2.45) is 34.3 Å². The highest BCUT2D eigenvalue weighted by atomic mass is 35.5. The number of carbonyl (C=O) groups is 4. The normalized spacial score (nSPS) is 33.2. The Kier molecular flexibility index (Phi) is 9.44. The van der Waals surface area contributed by atoms with E-state index < -0.39 is 29.2 Å². The lowest BCUT2D eigenvalue weighted by molar-refractivity contribution is -0.195. The maximum Gasteiger partial charge on any atom is 0.405 e. The van der Waals surface area contributed by atoms with Crippen molar-refractivity contribution in [1.82, 2.24) is 0 Å². The van der Waals surface area contributed by atoms with Gasteiger partial charge in [-0.3, -0.25) is 9.59 Å². The quantitative estimate of drug-likeness (QED) is 0.227. The van der Waals surface area contributed by atoms with Crippen molar-refractivity contribution in [2.75, 3.05) is 29.7 Å². The van der Waals surface area contributed by atoms with Gasteiger partial charge in [0.2, 0.25) is 6.10 Å². The molecule has 1 aromatic rings. The lowest BCUT2D eigenvalue weighted by atomic mass is 9.46. The van der Waals surface area contributed by atoms with Crippen LogP contribution in [0.15, 0.2) is 35.9 Å². The monoisotopic (exact) mass is 646 g/mol. The minimum absolute atomic E-state index is 0.00793. The fraction of sp³-hybridized carbons (Fsp3) is 0.647. The van der Waals surface area contributed by atoms with Gasteiger partial charge in [0.15, 0.2) is 17.2 Å². The van der Waals surface area contributed by atoms with E-state index in [0.29, 0.717) is 55.1 Å². The zero-order valence-electron chi connectivity index (χ0n) is 25.9. The number of nitrogens with two attached hydrogens (primary N) is 1. The van der Waals surface area contributed by atoms with Crippen LogP contribution in [0, 0.1) is 28.6 Å². The van der Waals surface area contributed by atoms with Crippen molar-refractivity contribution in [2.45, 2.75) is 83.8 Å². The SMILES string of the molecule is CC(=O)[C@@]1(OC(=O)C(OC(N)=O)c2ccc(N(CCCl)CCCl)cc2)CC[C@H]2[C@@H]3CCC4=CC(=O)CC[C@]4(C)[C@H]3CC[C@@]21C. The van der Waals surface area contributed by atoms with E-state index in [9.17, 15) is 19.2 Å². The first kappa shape index (κ1) is 32.8. The summed E-state index contributed by atoms with van der Waals surface area (Å²) in [5.41, 5.74) is 6.02. The number of fused-ring (bicyclic) bond motifs is 5. The molecular weight excluding hydrogens is 603 g/mol. The van der Waals surface area contributed by atoms with Gasteiger partial charge in [-0.1, -0.05) is 31.6 Å². The highest BCUT2D eigenvalue weighted by Crippen LogP contribution is 2.68. The van der Waals surface area contributed by atoms with Gasteiger partial charge >= 0.3 is 12.1 Å². The van der Waals surface area contributed by atoms with E-state index in [1.807, 2.05) is 11.0 Å². The number of allylic oxidation sites excluding steroid dienone is 1. The number of primary amides is 1. The van der Waals surface area contributed by atoms with Gasteiger partial charge in [0.25, 0.3) is 0 Å². The molecule has 7 atom stereocenters. The number of nitrogens with zero attached hydrogens (tertiary/aromatic N) is 1. The van der Waals surface area contributed by atoms with Crippen molar-refractivity contribution in [1.29, 1.82) is 0 Å². The Bertz CT molecular complexity index is 1330. The van der Waals surface area contributed by atoms with Gasteiger partial charge in [0.1, 0.15) is 0 Å². The molecule has 4 aliphatic rings. The first-order chi connectivity index (χ1) is 20.9. The number of hydrogen-bond donors (Lipinski definition) is 1. The smallest absolute Gasteiger partial charge is 0.405 e. The minimum Gasteiger partial charge on any atom is -0.447 e. The summed E-state index contributed by atoms with van der Waals surface area (Å²) in [7, 11) is 0. The van der Waals surface area contributed by atoms with E-state index in [4.69, 9.17) is 38.4 Å². The molecule has 0 aliphatic heterocycles. The molecule has 0 spiro atoms. The predicted molar refractivity (Wildman–Crippen MR) is 170 cm³/mol. The van der Waals surface area contributed by atoms with E-state index in [0.717, 1.165) is 44.2 Å². The van der Waals surface area contributed by atoms with E-state index >= 15 is 0 Å². The van der Waals surface area contributed by atoms with Gasteiger partial charge in [-0.15, -0.1) is 23.2 Å². The number of benzene rings is 1. The number of esters is 1. The molecule has 1 aromatic carbocycles. The van der Waals surface area contributed by atoms with Crippen molar-refractivity contribution in [3.63, 3.8) is 0 Å². The van der Waals surface area contributed by atoms with Crippen LogP contribution >= 0.6 is 23.2 Å². The summed E-state index contributed by atoms with van der Waals surface area (Å²) in [4.78, 5) is 53.7. The molecule has 5 rings (SSSR count). The summed E-state index contributed by atoms with van der Waals surface area (Å²) in [6, 6.07) is 6.98. The van der Waals surface area contributed by atoms with Crippen molar-refractivity contribution in [3.8, 4) is 0 Å². The molecule has 2 N–H and O–H groups in total. The maximum absolute atomic E-state index is 13.9. The van der Waals surface area contributed by atoms with Crippen LogP contribution in [-0.4, -0.2) is 54.1 Å². The molecular formula is C34H44Cl2N2O6. The molecule has 0 radical (unpaired) electrons. The molecule has 3 fully saturated rings. The van der Waals surface area contributed by atoms with Crippen molar-refractivity contribution < 1.29 is 28.7 Å². The number of ketones is 2. The van der Waals surface area contributed by atoms with Crippen molar-refractivity contribution in [3.05, 3.63) is 41.5 Å². The largest absolute Gasteiger partial charge is 0.447 e. The highest BCUT2D eigenvalue weighted by Gasteiger charge is 2.68. The van der Waals surface area contributed by atoms with E-state index in [2.05, 4.69) is 13.8 Å². The molecule has 10 heteroatoms. The summed E-state index contributed by atoms with van der Waals surface area (Å²) in [6.45, 7) is 7.11. The van der Waals surface area contributed by atoms with Gasteiger partial charge in [-0.05, 0) is 93.2 Å². The molecule has 3 saturated carbocycles. The average Bonchev–Trinajstić information content (AvgIpc) is 3.29. The van der Waals surface area contributed by atoms with Crippen LogP contribution in [0.2, 0.25) is 0 Å². The summed E-state index contributed by atoms with van der Waals surface area (Å²) in [6.07, 6.45) is 5.48. The third kappa shape index (κ3) is 5.55. The number of rotatable bonds is 10. The Balaban J connectivity index is 1.41. The number of Topliss-reactive ketones (excluding diaryl/α,β-unsaturated/α-hetero) is 1. The lowest BCUT2D eigenvalue weighted by Crippen LogP contribution is -2.59. The van der Waals surface area contributed by atoms with E-state index in [1.165, 1.54) is 12.5 Å². The zero-order valence-corrected chi connectivity index (χ0v) is 27.4. The van der Waals surface area contributed by atoms with Crippen LogP contribution < -0.4 is 10.6 Å². The van der Waals surface area contributed by atoms with Gasteiger partial charge in [-0.25, -0.2) is 9.59 Å². The molecule has 8 nitrogen and oxygen atoms in total. The van der Waals surface area contributed by atoms with Crippen molar-refractivity contribution >= 4 is 52.5 Å². The molecule has 1 amide bonds. The number of halogens is 2. The number of anilines is 1. The minimum atomic E-state index is -1.42. The zero-order chi connectivity index (χ0) is 31.9. The Hall–Kier alpha value is -2.58. The van der Waals surface area contributed by atoms with Gasteiger partial charge < -0.3 is 20.1 Å². The second-order valence-electron chi connectivity index (χ2n) is 13.5. The summed E-state index contributed by atoms with van der Waals surface area (Å²) >= 11 is 11.9. The van der Waals surface area contributed by atoms with Crippen LogP contribution in [0.25, 0.3) is 0 Å². The Labute approximate surface area is 270 Å². The maximum atomic E-state index is 13.9. The molecule has 0 bridgehead atoms. The fourth-order valence-corrected chi connectivity index (χ4v) is 9.81. The summed E-state index contributed by atoms with van der Waals surface area (Å²) < 4.78 is 11.6. The molecule has 44 heavy (non-hydrogen) atoms. The Morgan fingerprint density at radius 3 is 2.25 bits per heavy atom. The van der Waals surface area contributed by atoms with Crippen LogP contribution in [-0.2, 0) is 23.9 Å². The Morgan fingerprint density at radius 1 is 0.977 bits per heavy atom. The predicted octanol–water partition coefficient (Wildman–Crippen LogP) is 6.51. The highest BCUT2D eigenvalue weighted by molar-refractivity contribution is 6.18. The first-order valence-corrected chi connectivity index (χ1v) is 16.9. The second-order valence-corrected chi connectivity index (χ2v) is 14.3. The van der Waals surface area contributed by atoms with Crippen LogP contribution in [0.5, 0.6) is 0 Å². The molecule has 0 heterocycles. The third-order valence-corrected chi connectivity index (χ3v) is 12.0. The average molecular weight is 648 g/mol. The van der Waals surface area contributed by atoms with Gasteiger partial charge in [0.05, 0.1) is 0 Å². The van der Waals surface area contributed by atoms with Gasteiger partial charge in [-0.2, -0.15) is 0 Å². The summed E-state index contributed by atoms with van der Waals surface area (Å²) in [5, 5.41) is 0. The van der Waals surface area contributed by atoms with E-state index in [1.54, 1.807) is 24.3 Å². The number of alkyl halides is 2. The summed E-state index contributed by atoms with van der Waals surface area (Å²) in [5.74, 6) is 1.07.